The van der Waals surface area contributed by atoms with Crippen molar-refractivity contribution in [2.24, 2.45) is 0 Å². The van der Waals surface area contributed by atoms with Crippen molar-refractivity contribution >= 4 is 36.0 Å². The molecule has 6 amide bonds. The molecular weight excluding hydrogens is 752 g/mol. The average Bonchev–Trinajstić information content (AvgIpc) is 3.07. The Bertz CT molecular complexity index is 1810. The Morgan fingerprint density at radius 1 is 0.724 bits per heavy atom. The van der Waals surface area contributed by atoms with Gasteiger partial charge in [-0.1, -0.05) is 12.1 Å². The van der Waals surface area contributed by atoms with Crippen LogP contribution in [0.1, 0.15) is 86.3 Å². The number of aromatic hydroxyl groups is 2. The zero-order valence-corrected chi connectivity index (χ0v) is 35.2. The van der Waals surface area contributed by atoms with Gasteiger partial charge in [0.25, 0.3) is 0 Å². The molecule has 58 heavy (non-hydrogen) atoms. The lowest BCUT2D eigenvalue weighted by molar-refractivity contribution is -0.132. The lowest BCUT2D eigenvalue weighted by Gasteiger charge is -2.27. The second-order valence-corrected chi connectivity index (χ2v) is 17.2. The van der Waals surface area contributed by atoms with E-state index in [0.29, 0.717) is 16.7 Å². The molecule has 4 bridgehead atoms. The van der Waals surface area contributed by atoms with Gasteiger partial charge < -0.3 is 55.9 Å². The third-order valence-corrected chi connectivity index (χ3v) is 8.40. The molecule has 0 fully saturated rings. The number of nitrogens with one attached hydrogen (secondary N) is 5. The van der Waals surface area contributed by atoms with E-state index in [1.54, 1.807) is 86.6 Å². The Kier molecular flexibility index (Phi) is 15.8. The lowest BCUT2D eigenvalue weighted by Crippen LogP contribution is -2.58. The molecule has 2 aromatic carbocycles. The highest BCUT2D eigenvalue weighted by Gasteiger charge is 2.32. The van der Waals surface area contributed by atoms with E-state index in [-0.39, 0.29) is 62.4 Å². The Labute approximate surface area is 339 Å². The number of alkyl carbamates (subject to hydrolysis) is 2. The van der Waals surface area contributed by atoms with Crippen molar-refractivity contribution in [2.75, 3.05) is 26.7 Å². The summed E-state index contributed by atoms with van der Waals surface area (Å²) in [5.74, 6) is -2.53. The van der Waals surface area contributed by atoms with Gasteiger partial charge in [-0.3, -0.25) is 14.4 Å². The number of likely N-dealkylation sites (N-methyl/N-ethyl adjacent to an activating group) is 1. The SMILES string of the molecule is CN(CCNC(=O)[C@@H]1Cc2cc(ccc2O)-c2ccc(O)c(c2)C[C@H](NC(=O)OC(C)(C)C)C(=O)N[C@@H](CCCNC(=O)OC(C)(C)C)C(=O)N1)C(=O)OC(C)(C)C. The van der Waals surface area contributed by atoms with Crippen LogP contribution in [-0.4, -0.2) is 113 Å². The minimum Gasteiger partial charge on any atom is -0.508 e. The number of benzene rings is 2. The second kappa shape index (κ2) is 19.6. The summed E-state index contributed by atoms with van der Waals surface area (Å²) in [4.78, 5) is 81.2. The highest BCUT2D eigenvalue weighted by Crippen LogP contribution is 2.31. The Balaban J connectivity index is 2.03. The first-order valence-electron chi connectivity index (χ1n) is 19.2. The van der Waals surface area contributed by atoms with Crippen molar-refractivity contribution in [2.45, 2.75) is 123 Å². The van der Waals surface area contributed by atoms with Crippen LogP contribution in [0.3, 0.4) is 0 Å². The number of rotatable bonds is 9. The highest BCUT2D eigenvalue weighted by atomic mass is 16.6. The Hall–Kier alpha value is -5.74. The van der Waals surface area contributed by atoms with E-state index in [0.717, 1.165) is 0 Å². The van der Waals surface area contributed by atoms with Crippen molar-refractivity contribution in [1.29, 1.82) is 0 Å². The molecular formula is C41H60N6O11. The molecule has 1 aliphatic heterocycles. The standard InChI is InChI=1S/C41H60N6O11/c1-39(2,3)56-36(53)43-17-11-12-28-34(51)45-29(33(50)42-18-19-47(10)38(55)58-41(7,8)9)22-26-20-24(13-15-31(26)48)25-14-16-32(49)27(21-25)23-30(35(52)44-28)46-37(54)57-40(4,5)6/h13-16,20-21,28-30,48-49H,11-12,17-19,22-23H2,1-10H3,(H,42,50)(H,43,53)(H,44,52)(H,45,51)(H,46,54)/t28-,29-,30-/m0/s1. The summed E-state index contributed by atoms with van der Waals surface area (Å²) in [6.07, 6.45) is -2.46. The molecule has 0 saturated carbocycles. The molecule has 17 nitrogen and oxygen atoms in total. The number of ether oxygens (including phenoxy) is 3. The van der Waals surface area contributed by atoms with E-state index in [9.17, 15) is 39.0 Å². The number of amides is 6. The molecule has 0 saturated heterocycles. The summed E-state index contributed by atoms with van der Waals surface area (Å²) >= 11 is 0. The van der Waals surface area contributed by atoms with Gasteiger partial charge in [0.2, 0.25) is 17.7 Å². The van der Waals surface area contributed by atoms with Gasteiger partial charge in [0.15, 0.2) is 0 Å². The third kappa shape index (κ3) is 15.7. The van der Waals surface area contributed by atoms with E-state index >= 15 is 0 Å². The maximum Gasteiger partial charge on any atom is 0.410 e. The maximum atomic E-state index is 14.2. The fourth-order valence-electron chi connectivity index (χ4n) is 5.69. The predicted molar refractivity (Wildman–Crippen MR) is 215 cm³/mol. The Morgan fingerprint density at radius 2 is 1.26 bits per heavy atom. The maximum absolute atomic E-state index is 14.2. The van der Waals surface area contributed by atoms with Crippen molar-refractivity contribution in [3.63, 3.8) is 0 Å². The van der Waals surface area contributed by atoms with Crippen LogP contribution in [0, 0.1) is 0 Å². The van der Waals surface area contributed by atoms with Crippen LogP contribution in [-0.2, 0) is 41.4 Å². The van der Waals surface area contributed by atoms with E-state index in [2.05, 4.69) is 26.6 Å². The zero-order chi connectivity index (χ0) is 43.6. The molecule has 0 spiro atoms. The topological polar surface area (TPSA) is 234 Å². The van der Waals surface area contributed by atoms with Crippen molar-refractivity contribution < 1.29 is 53.2 Å². The Morgan fingerprint density at radius 3 is 1.81 bits per heavy atom. The quantitative estimate of drug-likeness (QED) is 0.141. The van der Waals surface area contributed by atoms with Gasteiger partial charge in [-0.15, -0.1) is 0 Å². The van der Waals surface area contributed by atoms with Crippen LogP contribution in [0.2, 0.25) is 0 Å². The predicted octanol–water partition coefficient (Wildman–Crippen LogP) is 4.01. The van der Waals surface area contributed by atoms with Crippen molar-refractivity contribution in [3.8, 4) is 22.6 Å². The van der Waals surface area contributed by atoms with Crippen LogP contribution in [0.25, 0.3) is 11.1 Å². The summed E-state index contributed by atoms with van der Waals surface area (Å²) in [6, 6.07) is 5.48. The van der Waals surface area contributed by atoms with Crippen LogP contribution >= 0.6 is 0 Å². The number of fused-ring (bicyclic) bond motifs is 5. The molecule has 0 unspecified atom stereocenters. The van der Waals surface area contributed by atoms with E-state index in [4.69, 9.17) is 14.2 Å². The lowest BCUT2D eigenvalue weighted by atomic mass is 9.95. The molecule has 0 aromatic heterocycles. The molecule has 3 rings (SSSR count). The van der Waals surface area contributed by atoms with Crippen LogP contribution < -0.4 is 26.6 Å². The normalized spacial score (nSPS) is 17.6. The van der Waals surface area contributed by atoms with E-state index in [1.165, 1.54) is 24.1 Å². The first kappa shape index (κ1) is 46.6. The number of carbonyl (C=O) groups excluding carboxylic acids is 6. The van der Waals surface area contributed by atoms with Gasteiger partial charge in [0.05, 0.1) is 0 Å². The minimum atomic E-state index is -1.35. The molecule has 2 aromatic rings. The number of phenolic OH excluding ortho intramolecular Hbond substituents is 2. The molecule has 17 heteroatoms. The monoisotopic (exact) mass is 812 g/mol. The van der Waals surface area contributed by atoms with Gasteiger partial charge in [-0.25, -0.2) is 14.4 Å². The number of hydrogen-bond donors (Lipinski definition) is 7. The molecule has 1 aliphatic rings. The van der Waals surface area contributed by atoms with Crippen molar-refractivity contribution in [1.82, 2.24) is 31.5 Å². The fraction of sp³-hybridized carbons (Fsp3) is 0.561. The van der Waals surface area contributed by atoms with Gasteiger partial charge in [0.1, 0.15) is 46.4 Å². The molecule has 7 N–H and O–H groups in total. The molecule has 320 valence electrons. The van der Waals surface area contributed by atoms with Gasteiger partial charge >= 0.3 is 18.3 Å². The summed E-state index contributed by atoms with van der Waals surface area (Å²) in [7, 11) is 1.51. The summed E-state index contributed by atoms with van der Waals surface area (Å²) in [6.45, 7) is 15.4. The number of carbonyl (C=O) groups is 6. The van der Waals surface area contributed by atoms with Gasteiger partial charge in [0, 0.05) is 39.5 Å². The van der Waals surface area contributed by atoms with Crippen LogP contribution in [0.5, 0.6) is 11.5 Å². The second-order valence-electron chi connectivity index (χ2n) is 17.2. The number of nitrogens with zero attached hydrogens (tertiary/aromatic N) is 1. The van der Waals surface area contributed by atoms with Gasteiger partial charge in [-0.05, 0) is 122 Å². The van der Waals surface area contributed by atoms with E-state index < -0.39 is 70.9 Å². The summed E-state index contributed by atoms with van der Waals surface area (Å²) < 4.78 is 16.1. The zero-order valence-electron chi connectivity index (χ0n) is 35.2. The third-order valence-electron chi connectivity index (χ3n) is 8.40. The van der Waals surface area contributed by atoms with E-state index in [1.807, 2.05) is 0 Å². The van der Waals surface area contributed by atoms with Crippen LogP contribution in [0.15, 0.2) is 36.4 Å². The largest absolute Gasteiger partial charge is 0.508 e. The number of phenols is 2. The molecule has 0 radical (unpaired) electrons. The first-order valence-corrected chi connectivity index (χ1v) is 19.2. The first-order chi connectivity index (χ1) is 26.8. The molecule has 3 atom stereocenters. The molecule has 0 aliphatic carbocycles. The van der Waals surface area contributed by atoms with Crippen LogP contribution in [0.4, 0.5) is 14.4 Å². The minimum absolute atomic E-state index is 0.0161. The number of hydrogen-bond acceptors (Lipinski definition) is 11. The fourth-order valence-corrected chi connectivity index (χ4v) is 5.69. The summed E-state index contributed by atoms with van der Waals surface area (Å²) in [5, 5.41) is 35.2. The summed E-state index contributed by atoms with van der Waals surface area (Å²) in [5.41, 5.74) is -0.625. The van der Waals surface area contributed by atoms with Crippen molar-refractivity contribution in [3.05, 3.63) is 47.5 Å². The van der Waals surface area contributed by atoms with Gasteiger partial charge in [-0.2, -0.15) is 0 Å². The molecule has 1 heterocycles. The average molecular weight is 813 g/mol. The highest BCUT2D eigenvalue weighted by molar-refractivity contribution is 5.94. The smallest absolute Gasteiger partial charge is 0.410 e.